The zero-order valence-electron chi connectivity index (χ0n) is 12.9. The molecule has 0 aliphatic heterocycles. The van der Waals surface area contributed by atoms with Gasteiger partial charge in [-0.2, -0.15) is 0 Å². The molecule has 0 amide bonds. The predicted octanol–water partition coefficient (Wildman–Crippen LogP) is 4.08. The molecule has 1 N–H and O–H groups in total. The summed E-state index contributed by atoms with van der Waals surface area (Å²) in [5.41, 5.74) is 4.39. The average Bonchev–Trinajstić information content (AvgIpc) is 2.72. The fourth-order valence-corrected chi connectivity index (χ4v) is 2.62. The highest BCUT2D eigenvalue weighted by atomic mass is 16.1. The van der Waals surface area contributed by atoms with E-state index < -0.39 is 0 Å². The SMILES string of the molecule is CCCCc1ccc(-c2c(C)[nH]c(=O)n2C(C)C)cc1. The second-order valence-corrected chi connectivity index (χ2v) is 5.67. The van der Waals surface area contributed by atoms with Gasteiger partial charge in [0.1, 0.15) is 0 Å². The molecule has 3 nitrogen and oxygen atoms in total. The Balaban J connectivity index is 2.39. The zero-order valence-corrected chi connectivity index (χ0v) is 12.9. The minimum atomic E-state index is -0.0254. The molecule has 20 heavy (non-hydrogen) atoms. The first-order valence-electron chi connectivity index (χ1n) is 7.45. The fourth-order valence-electron chi connectivity index (χ4n) is 2.62. The molecule has 1 aromatic heterocycles. The first-order chi connectivity index (χ1) is 9.54. The van der Waals surface area contributed by atoms with Gasteiger partial charge in [-0.3, -0.25) is 4.57 Å². The minimum Gasteiger partial charge on any atom is -0.309 e. The first-order valence-corrected chi connectivity index (χ1v) is 7.45. The van der Waals surface area contributed by atoms with Crippen molar-refractivity contribution in [2.75, 3.05) is 0 Å². The summed E-state index contributed by atoms with van der Waals surface area (Å²) in [5, 5.41) is 0. The van der Waals surface area contributed by atoms with Crippen molar-refractivity contribution < 1.29 is 0 Å². The number of nitrogens with one attached hydrogen (secondary N) is 1. The van der Waals surface area contributed by atoms with Crippen LogP contribution in [0.3, 0.4) is 0 Å². The number of aromatic nitrogens is 2. The van der Waals surface area contributed by atoms with Gasteiger partial charge >= 0.3 is 5.69 Å². The van der Waals surface area contributed by atoms with E-state index >= 15 is 0 Å². The van der Waals surface area contributed by atoms with Crippen LogP contribution in [0.1, 0.15) is 50.9 Å². The summed E-state index contributed by atoms with van der Waals surface area (Å²) in [6.45, 7) is 8.24. The van der Waals surface area contributed by atoms with E-state index in [1.807, 2.05) is 25.3 Å². The molecule has 0 unspecified atom stereocenters. The van der Waals surface area contributed by atoms with Crippen LogP contribution in [0.25, 0.3) is 11.3 Å². The number of benzene rings is 1. The first kappa shape index (κ1) is 14.6. The van der Waals surface area contributed by atoms with E-state index in [4.69, 9.17) is 0 Å². The molecule has 1 aromatic carbocycles. The fraction of sp³-hybridized carbons (Fsp3) is 0.471. The van der Waals surface area contributed by atoms with E-state index in [2.05, 4.69) is 36.2 Å². The van der Waals surface area contributed by atoms with Crippen LogP contribution < -0.4 is 5.69 Å². The van der Waals surface area contributed by atoms with E-state index in [0.29, 0.717) is 0 Å². The molecule has 2 aromatic rings. The summed E-state index contributed by atoms with van der Waals surface area (Å²) < 4.78 is 1.83. The lowest BCUT2D eigenvalue weighted by molar-refractivity contribution is 0.586. The Morgan fingerprint density at radius 2 is 1.85 bits per heavy atom. The Labute approximate surface area is 120 Å². The van der Waals surface area contributed by atoms with Gasteiger partial charge in [0.05, 0.1) is 5.69 Å². The standard InChI is InChI=1S/C17H24N2O/c1-5-6-7-14-8-10-15(11-9-14)16-13(4)18-17(20)19(16)12(2)3/h8-12H,5-7H2,1-4H3,(H,18,20). The summed E-state index contributed by atoms with van der Waals surface area (Å²) >= 11 is 0. The van der Waals surface area contributed by atoms with E-state index in [1.54, 1.807) is 0 Å². The van der Waals surface area contributed by atoms with Crippen molar-refractivity contribution >= 4 is 0 Å². The van der Waals surface area contributed by atoms with Crippen molar-refractivity contribution in [2.24, 2.45) is 0 Å². The lowest BCUT2D eigenvalue weighted by Gasteiger charge is -2.12. The third kappa shape index (κ3) is 2.87. The zero-order chi connectivity index (χ0) is 14.7. The molecule has 2 rings (SSSR count). The molecule has 0 radical (unpaired) electrons. The van der Waals surface area contributed by atoms with Crippen LogP contribution in [-0.2, 0) is 6.42 Å². The van der Waals surface area contributed by atoms with Crippen LogP contribution in [-0.4, -0.2) is 9.55 Å². The molecule has 0 atom stereocenters. The number of unbranched alkanes of at least 4 members (excludes halogenated alkanes) is 1. The van der Waals surface area contributed by atoms with Crippen LogP contribution in [0.4, 0.5) is 0 Å². The van der Waals surface area contributed by atoms with Gasteiger partial charge in [0.25, 0.3) is 0 Å². The van der Waals surface area contributed by atoms with Gasteiger partial charge in [0.15, 0.2) is 0 Å². The smallest absolute Gasteiger partial charge is 0.309 e. The third-order valence-electron chi connectivity index (χ3n) is 3.67. The van der Waals surface area contributed by atoms with E-state index in [9.17, 15) is 4.79 Å². The largest absolute Gasteiger partial charge is 0.326 e. The Kier molecular flexibility index (Phi) is 4.48. The van der Waals surface area contributed by atoms with Crippen LogP contribution in [0, 0.1) is 6.92 Å². The quantitative estimate of drug-likeness (QED) is 0.875. The van der Waals surface area contributed by atoms with Crippen molar-refractivity contribution in [3.05, 3.63) is 46.0 Å². The molecule has 0 aliphatic rings. The molecular weight excluding hydrogens is 248 g/mol. The van der Waals surface area contributed by atoms with Crippen molar-refractivity contribution in [1.82, 2.24) is 9.55 Å². The third-order valence-corrected chi connectivity index (χ3v) is 3.67. The number of imidazole rings is 1. The monoisotopic (exact) mass is 272 g/mol. The van der Waals surface area contributed by atoms with Gasteiger partial charge in [-0.1, -0.05) is 37.6 Å². The maximum atomic E-state index is 12.0. The van der Waals surface area contributed by atoms with Gasteiger partial charge in [-0.15, -0.1) is 0 Å². The molecule has 0 fully saturated rings. The van der Waals surface area contributed by atoms with Gasteiger partial charge in [-0.25, -0.2) is 4.79 Å². The number of H-pyrrole nitrogens is 1. The second-order valence-electron chi connectivity index (χ2n) is 5.67. The average molecular weight is 272 g/mol. The maximum Gasteiger partial charge on any atom is 0.326 e. The lowest BCUT2D eigenvalue weighted by atomic mass is 10.0. The van der Waals surface area contributed by atoms with E-state index in [0.717, 1.165) is 23.4 Å². The number of aromatic amines is 1. The van der Waals surface area contributed by atoms with Crippen molar-refractivity contribution in [3.63, 3.8) is 0 Å². The summed E-state index contributed by atoms with van der Waals surface area (Å²) in [6.07, 6.45) is 3.56. The van der Waals surface area contributed by atoms with Crippen molar-refractivity contribution in [1.29, 1.82) is 0 Å². The molecule has 0 saturated heterocycles. The van der Waals surface area contributed by atoms with Gasteiger partial charge < -0.3 is 4.98 Å². The van der Waals surface area contributed by atoms with Crippen LogP contribution in [0.15, 0.2) is 29.1 Å². The lowest BCUT2D eigenvalue weighted by Crippen LogP contribution is -2.19. The van der Waals surface area contributed by atoms with E-state index in [1.165, 1.54) is 18.4 Å². The maximum absolute atomic E-state index is 12.0. The Hall–Kier alpha value is -1.77. The summed E-state index contributed by atoms with van der Waals surface area (Å²) in [4.78, 5) is 14.9. The Morgan fingerprint density at radius 1 is 1.20 bits per heavy atom. The molecule has 108 valence electrons. The number of hydrogen-bond acceptors (Lipinski definition) is 1. The highest BCUT2D eigenvalue weighted by molar-refractivity contribution is 5.62. The Morgan fingerprint density at radius 3 is 2.40 bits per heavy atom. The second kappa shape index (κ2) is 6.12. The molecule has 0 aliphatic carbocycles. The highest BCUT2D eigenvalue weighted by Crippen LogP contribution is 2.24. The summed E-state index contributed by atoms with van der Waals surface area (Å²) in [6, 6.07) is 8.75. The Bertz CT molecular complexity index is 617. The molecular formula is C17H24N2O. The predicted molar refractivity (Wildman–Crippen MR) is 84.2 cm³/mol. The molecule has 0 bridgehead atoms. The van der Waals surface area contributed by atoms with Gasteiger partial charge in [0.2, 0.25) is 0 Å². The van der Waals surface area contributed by atoms with Gasteiger partial charge in [0, 0.05) is 17.3 Å². The van der Waals surface area contributed by atoms with Crippen LogP contribution in [0.2, 0.25) is 0 Å². The van der Waals surface area contributed by atoms with Crippen molar-refractivity contribution in [3.8, 4) is 11.3 Å². The topological polar surface area (TPSA) is 37.8 Å². The van der Waals surface area contributed by atoms with E-state index in [-0.39, 0.29) is 11.7 Å². The number of aryl methyl sites for hydroxylation is 2. The van der Waals surface area contributed by atoms with Crippen LogP contribution >= 0.6 is 0 Å². The molecule has 0 spiro atoms. The normalized spacial score (nSPS) is 11.2. The van der Waals surface area contributed by atoms with Gasteiger partial charge in [-0.05, 0) is 39.2 Å². The van der Waals surface area contributed by atoms with Crippen molar-refractivity contribution in [2.45, 2.75) is 53.0 Å². The van der Waals surface area contributed by atoms with Crippen LogP contribution in [0.5, 0.6) is 0 Å². The molecule has 1 heterocycles. The number of hydrogen-bond donors (Lipinski definition) is 1. The minimum absolute atomic E-state index is 0.0254. The summed E-state index contributed by atoms with van der Waals surface area (Å²) in [7, 11) is 0. The number of nitrogens with zero attached hydrogens (tertiary/aromatic N) is 1. The molecule has 3 heteroatoms. The summed E-state index contributed by atoms with van der Waals surface area (Å²) in [5.74, 6) is 0. The highest BCUT2D eigenvalue weighted by Gasteiger charge is 2.15. The number of rotatable bonds is 5. The molecule has 0 saturated carbocycles.